The van der Waals surface area contributed by atoms with E-state index in [0.29, 0.717) is 10.7 Å². The van der Waals surface area contributed by atoms with Gasteiger partial charge in [-0.1, -0.05) is 28.8 Å². The summed E-state index contributed by atoms with van der Waals surface area (Å²) in [5, 5.41) is 15.2. The van der Waals surface area contributed by atoms with E-state index >= 15 is 0 Å². The Labute approximate surface area is 96.5 Å². The lowest BCUT2D eigenvalue weighted by molar-refractivity contribution is -0.137. The molecule has 2 N–H and O–H groups in total. The third-order valence-electron chi connectivity index (χ3n) is 1.83. The average molecular weight is 241 g/mol. The van der Waals surface area contributed by atoms with Crippen molar-refractivity contribution in [1.29, 1.82) is 0 Å². The summed E-state index contributed by atoms with van der Waals surface area (Å²) >= 11 is 5.85. The van der Waals surface area contributed by atoms with Crippen LogP contribution < -0.4 is 5.32 Å². The van der Waals surface area contributed by atoms with Gasteiger partial charge in [-0.05, 0) is 17.7 Å². The first-order valence-corrected chi connectivity index (χ1v) is 4.77. The highest BCUT2D eigenvalue weighted by molar-refractivity contribution is 6.33. The summed E-state index contributed by atoms with van der Waals surface area (Å²) in [6.45, 7) is -0.183. The molecule has 0 aliphatic rings. The van der Waals surface area contributed by atoms with Gasteiger partial charge in [-0.2, -0.15) is 0 Å². The molecule has 16 heavy (non-hydrogen) atoms. The van der Waals surface area contributed by atoms with Crippen LogP contribution in [0.2, 0.25) is 5.02 Å². The van der Waals surface area contributed by atoms with E-state index in [-0.39, 0.29) is 6.54 Å². The molecule has 1 atom stereocenters. The minimum Gasteiger partial charge on any atom is -0.480 e. The second-order valence-electron chi connectivity index (χ2n) is 2.93. The van der Waals surface area contributed by atoms with E-state index in [0.717, 1.165) is 0 Å². The number of benzene rings is 1. The highest BCUT2D eigenvalue weighted by Crippen LogP contribution is 2.21. The van der Waals surface area contributed by atoms with Gasteiger partial charge in [0.15, 0.2) is 0 Å². The SMILES string of the molecule is [N-]=[N+]=NCC(Nc1ccccc1Cl)C(=O)O. The predicted octanol–water partition coefficient (Wildman–Crippen LogP) is 2.52. The van der Waals surface area contributed by atoms with Gasteiger partial charge in [0.25, 0.3) is 0 Å². The van der Waals surface area contributed by atoms with Crippen LogP contribution in [0.4, 0.5) is 5.69 Å². The molecular formula is C9H9ClN4O2. The van der Waals surface area contributed by atoms with Crippen molar-refractivity contribution in [2.45, 2.75) is 6.04 Å². The lowest BCUT2D eigenvalue weighted by Crippen LogP contribution is -2.32. The van der Waals surface area contributed by atoms with Crippen LogP contribution in [-0.2, 0) is 4.79 Å². The normalized spacial score (nSPS) is 11.3. The molecule has 1 unspecified atom stereocenters. The summed E-state index contributed by atoms with van der Waals surface area (Å²) in [5.74, 6) is -1.10. The summed E-state index contributed by atoms with van der Waals surface area (Å²) in [7, 11) is 0. The molecule has 0 aliphatic heterocycles. The molecule has 0 fully saturated rings. The fourth-order valence-electron chi connectivity index (χ4n) is 1.07. The van der Waals surface area contributed by atoms with E-state index in [9.17, 15) is 4.79 Å². The maximum Gasteiger partial charge on any atom is 0.326 e. The number of carboxylic acids is 1. The Bertz CT molecular complexity index is 431. The zero-order valence-electron chi connectivity index (χ0n) is 8.17. The number of carboxylic acid groups (broad SMARTS) is 1. The van der Waals surface area contributed by atoms with E-state index in [1.165, 1.54) is 0 Å². The van der Waals surface area contributed by atoms with E-state index in [2.05, 4.69) is 15.3 Å². The summed E-state index contributed by atoms with van der Waals surface area (Å²) in [5.41, 5.74) is 8.62. The molecule has 0 saturated carbocycles. The first-order chi connectivity index (χ1) is 7.65. The molecule has 0 radical (unpaired) electrons. The van der Waals surface area contributed by atoms with Gasteiger partial charge in [-0.15, -0.1) is 0 Å². The number of hydrogen-bond acceptors (Lipinski definition) is 3. The molecule has 0 saturated heterocycles. The van der Waals surface area contributed by atoms with Crippen molar-refractivity contribution in [2.75, 3.05) is 11.9 Å². The number of nitrogens with one attached hydrogen (secondary N) is 1. The lowest BCUT2D eigenvalue weighted by atomic mass is 10.2. The van der Waals surface area contributed by atoms with Gasteiger partial charge in [0.1, 0.15) is 6.04 Å². The summed E-state index contributed by atoms with van der Waals surface area (Å²) in [4.78, 5) is 13.3. The van der Waals surface area contributed by atoms with Gasteiger partial charge in [0.2, 0.25) is 0 Å². The van der Waals surface area contributed by atoms with Gasteiger partial charge in [-0.25, -0.2) is 4.79 Å². The van der Waals surface area contributed by atoms with E-state index in [1.807, 2.05) is 0 Å². The maximum absolute atomic E-state index is 10.8. The molecule has 0 spiro atoms. The molecule has 84 valence electrons. The van der Waals surface area contributed by atoms with Gasteiger partial charge in [-0.3, -0.25) is 0 Å². The van der Waals surface area contributed by atoms with Gasteiger partial charge < -0.3 is 10.4 Å². The maximum atomic E-state index is 10.8. The van der Waals surface area contributed by atoms with Crippen LogP contribution in [0.15, 0.2) is 29.4 Å². The van der Waals surface area contributed by atoms with Gasteiger partial charge in [0.05, 0.1) is 17.3 Å². The minimum absolute atomic E-state index is 0.183. The topological polar surface area (TPSA) is 98.1 Å². The average Bonchev–Trinajstić information content (AvgIpc) is 2.26. The third kappa shape index (κ3) is 3.34. The Hall–Kier alpha value is -1.91. The molecule has 7 heteroatoms. The number of carbonyl (C=O) groups is 1. The third-order valence-corrected chi connectivity index (χ3v) is 2.16. The standard InChI is InChI=1S/C9H9ClN4O2/c10-6-3-1-2-4-7(6)13-8(9(15)16)5-12-14-11/h1-4,8,13H,5H2,(H,15,16). The number of aliphatic carboxylic acids is 1. The van der Waals surface area contributed by atoms with Crippen molar-refractivity contribution >= 4 is 23.3 Å². The van der Waals surface area contributed by atoms with Crippen LogP contribution >= 0.6 is 11.6 Å². The van der Waals surface area contributed by atoms with Crippen LogP contribution in [-0.4, -0.2) is 23.7 Å². The highest BCUT2D eigenvalue weighted by Gasteiger charge is 2.16. The van der Waals surface area contributed by atoms with E-state index in [4.69, 9.17) is 22.2 Å². The number of nitrogens with zero attached hydrogens (tertiary/aromatic N) is 3. The van der Waals surface area contributed by atoms with Crippen molar-refractivity contribution in [3.8, 4) is 0 Å². The second kappa shape index (κ2) is 5.85. The number of rotatable bonds is 5. The summed E-state index contributed by atoms with van der Waals surface area (Å²) in [6.07, 6.45) is 0. The van der Waals surface area contributed by atoms with E-state index < -0.39 is 12.0 Å². The summed E-state index contributed by atoms with van der Waals surface area (Å²) < 4.78 is 0. The molecule has 0 amide bonds. The largest absolute Gasteiger partial charge is 0.480 e. The Morgan fingerprint density at radius 2 is 2.31 bits per heavy atom. The molecule has 1 rings (SSSR count). The molecular weight excluding hydrogens is 232 g/mol. The monoisotopic (exact) mass is 240 g/mol. The van der Waals surface area contributed by atoms with Crippen LogP contribution in [0.1, 0.15) is 0 Å². The molecule has 0 bridgehead atoms. The quantitative estimate of drug-likeness (QED) is 0.470. The van der Waals surface area contributed by atoms with Crippen molar-refractivity contribution in [3.05, 3.63) is 39.7 Å². The minimum atomic E-state index is -1.10. The molecule has 6 nitrogen and oxygen atoms in total. The van der Waals surface area contributed by atoms with Gasteiger partial charge >= 0.3 is 5.97 Å². The Morgan fingerprint density at radius 3 is 2.88 bits per heavy atom. The highest BCUT2D eigenvalue weighted by atomic mass is 35.5. The smallest absolute Gasteiger partial charge is 0.326 e. The zero-order chi connectivity index (χ0) is 12.0. The van der Waals surface area contributed by atoms with E-state index in [1.54, 1.807) is 24.3 Å². The van der Waals surface area contributed by atoms with Crippen LogP contribution in [0.5, 0.6) is 0 Å². The van der Waals surface area contributed by atoms with Crippen molar-refractivity contribution < 1.29 is 9.90 Å². The van der Waals surface area contributed by atoms with Crippen molar-refractivity contribution in [2.24, 2.45) is 5.11 Å². The number of halogens is 1. The Kier molecular flexibility index (Phi) is 4.44. The number of azide groups is 1. The fraction of sp³-hybridized carbons (Fsp3) is 0.222. The molecule has 0 aliphatic carbocycles. The molecule has 1 aromatic carbocycles. The Morgan fingerprint density at radius 1 is 1.62 bits per heavy atom. The van der Waals surface area contributed by atoms with Crippen LogP contribution in [0.25, 0.3) is 10.4 Å². The van der Waals surface area contributed by atoms with Crippen molar-refractivity contribution in [3.63, 3.8) is 0 Å². The molecule has 1 aromatic rings. The number of anilines is 1. The fourth-order valence-corrected chi connectivity index (χ4v) is 1.26. The first kappa shape index (κ1) is 12.2. The van der Waals surface area contributed by atoms with Crippen LogP contribution in [0.3, 0.4) is 0 Å². The lowest BCUT2D eigenvalue weighted by Gasteiger charge is -2.14. The van der Waals surface area contributed by atoms with Crippen molar-refractivity contribution in [1.82, 2.24) is 0 Å². The molecule has 0 heterocycles. The zero-order valence-corrected chi connectivity index (χ0v) is 8.92. The Balaban J connectivity index is 2.79. The predicted molar refractivity (Wildman–Crippen MR) is 60.5 cm³/mol. The number of para-hydroxylation sites is 1. The van der Waals surface area contributed by atoms with Crippen LogP contribution in [0, 0.1) is 0 Å². The van der Waals surface area contributed by atoms with Gasteiger partial charge in [0, 0.05) is 4.91 Å². The molecule has 0 aromatic heterocycles. The number of hydrogen-bond donors (Lipinski definition) is 2. The first-order valence-electron chi connectivity index (χ1n) is 4.40. The summed E-state index contributed by atoms with van der Waals surface area (Å²) in [6, 6.07) is 5.75. The second-order valence-corrected chi connectivity index (χ2v) is 3.34.